The number of rotatable bonds is 8. The van der Waals surface area contributed by atoms with E-state index < -0.39 is 0 Å². The van der Waals surface area contributed by atoms with Gasteiger partial charge in [0, 0.05) is 49.4 Å². The molecule has 0 N–H and O–H groups in total. The smallest absolute Gasteiger partial charge is 0.160 e. The summed E-state index contributed by atoms with van der Waals surface area (Å²) in [5.41, 5.74) is 16.9. The summed E-state index contributed by atoms with van der Waals surface area (Å²) in [6, 6.07) is 86.5. The average molecular weight is 967 g/mol. The van der Waals surface area contributed by atoms with Crippen molar-refractivity contribution in [2.75, 3.05) is 0 Å². The summed E-state index contributed by atoms with van der Waals surface area (Å²) in [5, 5.41) is 44.3. The van der Waals surface area contributed by atoms with Crippen LogP contribution in [0.15, 0.2) is 231 Å². The third-order valence-corrected chi connectivity index (χ3v) is 14.2. The summed E-state index contributed by atoms with van der Waals surface area (Å²) in [5.74, 6) is 0.608. The third kappa shape index (κ3) is 7.68. The van der Waals surface area contributed by atoms with E-state index in [0.29, 0.717) is 28.1 Å². The predicted molar refractivity (Wildman–Crippen MR) is 302 cm³/mol. The minimum absolute atomic E-state index is 0.392. The van der Waals surface area contributed by atoms with Gasteiger partial charge in [0.15, 0.2) is 5.82 Å². The normalized spacial score (nSPS) is 11.1. The summed E-state index contributed by atoms with van der Waals surface area (Å²) in [7, 11) is 0. The summed E-state index contributed by atoms with van der Waals surface area (Å²) in [4.78, 5) is 10.4. The first-order chi connectivity index (χ1) is 37.5. The van der Waals surface area contributed by atoms with E-state index in [1.54, 1.807) is 12.1 Å². The molecular formula is C68H38N8. The molecule has 76 heavy (non-hydrogen) atoms. The Morgan fingerprint density at radius 2 is 0.697 bits per heavy atom. The number of hydrogen-bond acceptors (Lipinski definition) is 6. The van der Waals surface area contributed by atoms with Gasteiger partial charge >= 0.3 is 0 Å². The molecule has 0 atom stereocenters. The molecule has 0 unspecified atom stereocenters. The number of nitrogens with zero attached hydrogens (tertiary/aromatic N) is 8. The highest BCUT2D eigenvalue weighted by molar-refractivity contribution is 6.13. The molecule has 350 valence electrons. The van der Waals surface area contributed by atoms with E-state index in [2.05, 4.69) is 167 Å². The van der Waals surface area contributed by atoms with Gasteiger partial charge in [0.2, 0.25) is 0 Å². The van der Waals surface area contributed by atoms with Gasteiger partial charge in [-0.05, 0) is 113 Å². The van der Waals surface area contributed by atoms with Crippen LogP contribution < -0.4 is 0 Å². The van der Waals surface area contributed by atoms with Crippen molar-refractivity contribution in [2.24, 2.45) is 0 Å². The lowest BCUT2D eigenvalue weighted by atomic mass is 9.97. The minimum atomic E-state index is 0.392. The molecule has 13 rings (SSSR count). The monoisotopic (exact) mass is 966 g/mol. The van der Waals surface area contributed by atoms with Crippen molar-refractivity contribution in [3.63, 3.8) is 0 Å². The van der Waals surface area contributed by atoms with Crippen LogP contribution in [-0.4, -0.2) is 19.1 Å². The fourth-order valence-electron chi connectivity index (χ4n) is 10.7. The molecule has 3 heterocycles. The maximum Gasteiger partial charge on any atom is 0.160 e. The van der Waals surface area contributed by atoms with E-state index in [4.69, 9.17) is 9.97 Å². The molecule has 0 fully saturated rings. The Hall–Kier alpha value is -11.2. The van der Waals surface area contributed by atoms with Gasteiger partial charge in [-0.1, -0.05) is 140 Å². The first kappa shape index (κ1) is 44.8. The average Bonchev–Trinajstić information content (AvgIpc) is 4.06. The van der Waals surface area contributed by atoms with Crippen LogP contribution in [0, 0.1) is 45.3 Å². The summed E-state index contributed by atoms with van der Waals surface area (Å²) in [6.07, 6.45) is 0. The molecule has 8 heteroatoms. The van der Waals surface area contributed by atoms with E-state index in [0.717, 1.165) is 116 Å². The van der Waals surface area contributed by atoms with Gasteiger partial charge in [-0.3, -0.25) is 0 Å². The molecule has 8 nitrogen and oxygen atoms in total. The van der Waals surface area contributed by atoms with Crippen LogP contribution in [0.2, 0.25) is 0 Å². The third-order valence-electron chi connectivity index (χ3n) is 14.2. The molecule has 0 aliphatic heterocycles. The highest BCUT2D eigenvalue weighted by atomic mass is 15.0. The summed E-state index contributed by atoms with van der Waals surface area (Å²) < 4.78 is 4.68. The fraction of sp³-hybridized carbons (Fsp3) is 0. The largest absolute Gasteiger partial charge is 0.309 e. The van der Waals surface area contributed by atoms with Crippen molar-refractivity contribution in [3.05, 3.63) is 253 Å². The Morgan fingerprint density at radius 3 is 1.24 bits per heavy atom. The number of aromatic nitrogens is 4. The second-order valence-corrected chi connectivity index (χ2v) is 18.7. The Labute approximate surface area is 437 Å². The van der Waals surface area contributed by atoms with E-state index in [-0.39, 0.29) is 0 Å². The second kappa shape index (κ2) is 18.5. The van der Waals surface area contributed by atoms with Gasteiger partial charge < -0.3 is 9.13 Å². The number of benzene rings is 10. The Morgan fingerprint density at radius 1 is 0.276 bits per heavy atom. The van der Waals surface area contributed by atoms with Crippen LogP contribution in [0.1, 0.15) is 22.3 Å². The zero-order valence-electron chi connectivity index (χ0n) is 40.5. The van der Waals surface area contributed by atoms with Gasteiger partial charge in [0.05, 0.1) is 91.4 Å². The molecule has 0 radical (unpaired) electrons. The fourth-order valence-corrected chi connectivity index (χ4v) is 10.7. The summed E-state index contributed by atoms with van der Waals surface area (Å²) >= 11 is 0. The molecule has 0 amide bonds. The Balaban J connectivity index is 1.13. The molecule has 13 aromatic rings. The molecule has 0 aliphatic rings. The first-order valence-electron chi connectivity index (χ1n) is 24.7. The van der Waals surface area contributed by atoms with E-state index in [9.17, 15) is 21.0 Å². The van der Waals surface area contributed by atoms with Gasteiger partial charge in [0.1, 0.15) is 0 Å². The lowest BCUT2D eigenvalue weighted by Crippen LogP contribution is -2.02. The van der Waals surface area contributed by atoms with E-state index in [1.165, 1.54) is 0 Å². The lowest BCUT2D eigenvalue weighted by Gasteiger charge is -2.20. The zero-order valence-corrected chi connectivity index (χ0v) is 40.5. The molecule has 10 aromatic carbocycles. The zero-order chi connectivity index (χ0) is 51.3. The van der Waals surface area contributed by atoms with Crippen molar-refractivity contribution in [1.29, 1.82) is 21.0 Å². The molecule has 0 spiro atoms. The van der Waals surface area contributed by atoms with Crippen LogP contribution in [0.25, 0.3) is 122 Å². The van der Waals surface area contributed by atoms with Crippen molar-refractivity contribution >= 4 is 43.6 Å². The Bertz CT molecular complexity index is 4380. The van der Waals surface area contributed by atoms with Crippen LogP contribution in [0.3, 0.4) is 0 Å². The lowest BCUT2D eigenvalue weighted by molar-refractivity contribution is 1.15. The number of para-hydroxylation sites is 3. The molecule has 0 aliphatic carbocycles. The maximum atomic E-state index is 10.0. The highest BCUT2D eigenvalue weighted by Gasteiger charge is 2.23. The molecule has 0 saturated heterocycles. The number of nitriles is 4. The topological polar surface area (TPSA) is 131 Å². The summed E-state index contributed by atoms with van der Waals surface area (Å²) in [6.45, 7) is 0. The second-order valence-electron chi connectivity index (χ2n) is 18.7. The SMILES string of the molecule is N#Cc1cc(C#N)cc(-c2ccc3c(c2)c2cc(-c4cc(C#N)cc(C#N)c4)ccc2n3-c2cc(-c3cc(-c4ccccc4)nc(-c4ccccc4)n3)ccc2-c2ccccc2-n2c3ccccc3c3ccccc32)c1. The minimum Gasteiger partial charge on any atom is -0.309 e. The number of hydrogen-bond donors (Lipinski definition) is 0. The molecule has 0 saturated carbocycles. The standard InChI is InChI=1S/C68H38N8/c69-39-43-29-44(40-70)32-52(31-43)49-24-27-65-58(35-49)59-36-50(53-33-45(41-71)30-46(34-53)42-72)25-28-66(59)76(65)67-37-51(61-38-60(47-13-3-1-4-14-47)73-68(74-61)48-15-5-2-6-16-48)23-26-57(67)56-19-9-12-22-64(56)75-62-20-10-7-17-54(62)55-18-8-11-21-63(55)75/h1-38H. The van der Waals surface area contributed by atoms with E-state index in [1.807, 2.05) is 84.9 Å². The molecular weight excluding hydrogens is 929 g/mol. The van der Waals surface area contributed by atoms with Crippen molar-refractivity contribution in [2.45, 2.75) is 0 Å². The van der Waals surface area contributed by atoms with Gasteiger partial charge in [-0.2, -0.15) is 21.0 Å². The van der Waals surface area contributed by atoms with Gasteiger partial charge in [-0.25, -0.2) is 9.97 Å². The van der Waals surface area contributed by atoms with Crippen molar-refractivity contribution < 1.29 is 0 Å². The predicted octanol–water partition coefficient (Wildman–Crippen LogP) is 16.2. The molecule has 0 bridgehead atoms. The quantitative estimate of drug-likeness (QED) is 0.149. The van der Waals surface area contributed by atoms with Gasteiger partial charge in [0.25, 0.3) is 0 Å². The van der Waals surface area contributed by atoms with Gasteiger partial charge in [-0.15, -0.1) is 0 Å². The van der Waals surface area contributed by atoms with E-state index >= 15 is 0 Å². The van der Waals surface area contributed by atoms with Crippen molar-refractivity contribution in [1.82, 2.24) is 19.1 Å². The van der Waals surface area contributed by atoms with Crippen LogP contribution >= 0.6 is 0 Å². The first-order valence-corrected chi connectivity index (χ1v) is 24.7. The maximum absolute atomic E-state index is 10.0. The van der Waals surface area contributed by atoms with Crippen LogP contribution in [-0.2, 0) is 0 Å². The van der Waals surface area contributed by atoms with Crippen molar-refractivity contribution in [3.8, 4) is 103 Å². The van der Waals surface area contributed by atoms with Crippen LogP contribution in [0.4, 0.5) is 0 Å². The Kier molecular flexibility index (Phi) is 10.9. The number of fused-ring (bicyclic) bond motifs is 6. The molecule has 3 aromatic heterocycles. The van der Waals surface area contributed by atoms with Crippen LogP contribution in [0.5, 0.6) is 0 Å². The highest BCUT2D eigenvalue weighted by Crippen LogP contribution is 2.44.